The highest BCUT2D eigenvalue weighted by molar-refractivity contribution is 5.76. The smallest absolute Gasteiger partial charge is 0.222 e. The molecule has 1 saturated heterocycles. The lowest BCUT2D eigenvalue weighted by Crippen LogP contribution is -2.37. The number of carbonyl (C=O) groups is 1. The number of hydrogen-bond acceptors (Lipinski definition) is 5. The van der Waals surface area contributed by atoms with Crippen LogP contribution in [0, 0.1) is 13.8 Å². The molecule has 2 aromatic heterocycles. The molecule has 4 heterocycles. The van der Waals surface area contributed by atoms with Crippen molar-refractivity contribution in [1.82, 2.24) is 30.0 Å². The van der Waals surface area contributed by atoms with Crippen molar-refractivity contribution in [2.45, 2.75) is 71.5 Å². The number of fused-ring (bicyclic) bond motifs is 1. The Morgan fingerprint density at radius 3 is 2.96 bits per heavy atom. The third-order valence-corrected chi connectivity index (χ3v) is 5.79. The lowest BCUT2D eigenvalue weighted by Gasteiger charge is -2.29. The Labute approximate surface area is 166 Å². The van der Waals surface area contributed by atoms with Crippen LogP contribution in [0.25, 0.3) is 0 Å². The van der Waals surface area contributed by atoms with Crippen molar-refractivity contribution in [2.75, 3.05) is 13.1 Å². The van der Waals surface area contributed by atoms with Gasteiger partial charge in [-0.1, -0.05) is 6.42 Å². The molecule has 7 heteroatoms. The average molecular weight is 383 g/mol. The average Bonchev–Trinajstić information content (AvgIpc) is 3.04. The van der Waals surface area contributed by atoms with Crippen LogP contribution in [-0.2, 0) is 24.3 Å². The Hall–Kier alpha value is -2.28. The summed E-state index contributed by atoms with van der Waals surface area (Å²) in [7, 11) is 0. The highest BCUT2D eigenvalue weighted by Gasteiger charge is 2.24. The first kappa shape index (κ1) is 19.1. The van der Waals surface area contributed by atoms with Crippen LogP contribution in [0.2, 0.25) is 0 Å². The van der Waals surface area contributed by atoms with Gasteiger partial charge in [-0.2, -0.15) is 5.10 Å². The number of aromatic nitrogens is 4. The summed E-state index contributed by atoms with van der Waals surface area (Å²) < 4.78 is 1.99. The van der Waals surface area contributed by atoms with Crippen LogP contribution in [0.3, 0.4) is 0 Å². The van der Waals surface area contributed by atoms with Crippen molar-refractivity contribution in [3.8, 4) is 0 Å². The second-order valence-electron chi connectivity index (χ2n) is 8.02. The van der Waals surface area contributed by atoms with E-state index in [9.17, 15) is 4.79 Å². The second-order valence-corrected chi connectivity index (χ2v) is 8.02. The fourth-order valence-electron chi connectivity index (χ4n) is 4.22. The van der Waals surface area contributed by atoms with E-state index >= 15 is 0 Å². The number of carbonyl (C=O) groups excluding carboxylic acids is 1. The van der Waals surface area contributed by atoms with Gasteiger partial charge in [-0.25, -0.2) is 9.97 Å². The lowest BCUT2D eigenvalue weighted by molar-refractivity contribution is -0.132. The number of aryl methyl sites for hydroxylation is 3. The van der Waals surface area contributed by atoms with E-state index in [1.807, 2.05) is 22.7 Å². The van der Waals surface area contributed by atoms with Crippen LogP contribution in [0.15, 0.2) is 12.3 Å². The number of amides is 1. The summed E-state index contributed by atoms with van der Waals surface area (Å²) >= 11 is 0. The molecular weight excluding hydrogens is 352 g/mol. The minimum Gasteiger partial charge on any atom is -0.338 e. The summed E-state index contributed by atoms with van der Waals surface area (Å²) in [5, 5.41) is 7.98. The molecule has 1 N–H and O–H groups in total. The third-order valence-electron chi connectivity index (χ3n) is 5.79. The second kappa shape index (κ2) is 8.39. The van der Waals surface area contributed by atoms with Gasteiger partial charge in [0.2, 0.25) is 5.91 Å². The lowest BCUT2D eigenvalue weighted by atomic mass is 10.0. The van der Waals surface area contributed by atoms with Gasteiger partial charge in [0, 0.05) is 49.9 Å². The van der Waals surface area contributed by atoms with E-state index in [1.54, 1.807) is 0 Å². The Kier molecular flexibility index (Phi) is 5.71. The van der Waals surface area contributed by atoms with Crippen molar-refractivity contribution in [1.29, 1.82) is 0 Å². The summed E-state index contributed by atoms with van der Waals surface area (Å²) in [6, 6.07) is 2.36. The van der Waals surface area contributed by atoms with Crippen molar-refractivity contribution < 1.29 is 4.79 Å². The molecule has 2 aromatic rings. The Morgan fingerprint density at radius 1 is 1.32 bits per heavy atom. The van der Waals surface area contributed by atoms with Gasteiger partial charge in [0.05, 0.1) is 17.4 Å². The number of nitrogens with one attached hydrogen (secondary N) is 1. The zero-order valence-electron chi connectivity index (χ0n) is 16.9. The van der Waals surface area contributed by atoms with Gasteiger partial charge in [-0.3, -0.25) is 9.48 Å². The Balaban J connectivity index is 1.31. The molecule has 0 aromatic carbocycles. The van der Waals surface area contributed by atoms with Crippen molar-refractivity contribution >= 4 is 5.91 Å². The maximum Gasteiger partial charge on any atom is 0.222 e. The largest absolute Gasteiger partial charge is 0.338 e. The molecule has 0 radical (unpaired) electrons. The zero-order chi connectivity index (χ0) is 19.5. The van der Waals surface area contributed by atoms with Gasteiger partial charge >= 0.3 is 0 Å². The number of piperidine rings is 1. The standard InChI is InChI=1S/C21H30N6O/c1-15-12-16(2)27(25-15)10-5-7-20(28)26-11-8-18-17(14-26)13-23-21(24-18)19-6-3-4-9-22-19/h12-13,19,22H,3-11,14H2,1-2H3. The van der Waals surface area contributed by atoms with E-state index in [1.165, 1.54) is 12.8 Å². The van der Waals surface area contributed by atoms with E-state index in [0.29, 0.717) is 13.0 Å². The van der Waals surface area contributed by atoms with E-state index in [-0.39, 0.29) is 11.9 Å². The predicted molar refractivity (Wildman–Crippen MR) is 107 cm³/mol. The van der Waals surface area contributed by atoms with Gasteiger partial charge in [0.1, 0.15) is 5.82 Å². The van der Waals surface area contributed by atoms with E-state index in [0.717, 1.165) is 67.4 Å². The quantitative estimate of drug-likeness (QED) is 0.860. The van der Waals surface area contributed by atoms with Crippen LogP contribution >= 0.6 is 0 Å². The van der Waals surface area contributed by atoms with Crippen LogP contribution in [-0.4, -0.2) is 43.6 Å². The summed E-state index contributed by atoms with van der Waals surface area (Å²) in [6.45, 7) is 7.27. The van der Waals surface area contributed by atoms with Gasteiger partial charge in [0.15, 0.2) is 0 Å². The molecule has 0 spiro atoms. The van der Waals surface area contributed by atoms with Crippen molar-refractivity contribution in [3.63, 3.8) is 0 Å². The van der Waals surface area contributed by atoms with Gasteiger partial charge < -0.3 is 10.2 Å². The molecule has 0 aliphatic carbocycles. The molecule has 1 fully saturated rings. The molecule has 0 saturated carbocycles. The topological polar surface area (TPSA) is 75.9 Å². The highest BCUT2D eigenvalue weighted by Crippen LogP contribution is 2.23. The molecular formula is C21H30N6O. The molecule has 0 bridgehead atoms. The van der Waals surface area contributed by atoms with Crippen molar-refractivity contribution in [2.24, 2.45) is 0 Å². The maximum absolute atomic E-state index is 12.6. The number of nitrogens with zero attached hydrogens (tertiary/aromatic N) is 5. The summed E-state index contributed by atoms with van der Waals surface area (Å²) in [4.78, 5) is 24.0. The molecule has 2 aliphatic rings. The maximum atomic E-state index is 12.6. The minimum absolute atomic E-state index is 0.213. The van der Waals surface area contributed by atoms with Gasteiger partial charge in [-0.05, 0) is 45.7 Å². The highest BCUT2D eigenvalue weighted by atomic mass is 16.2. The number of rotatable bonds is 5. The molecule has 1 amide bonds. The molecule has 1 unspecified atom stereocenters. The molecule has 4 rings (SSSR count). The molecule has 7 nitrogen and oxygen atoms in total. The Bertz CT molecular complexity index is 839. The molecule has 150 valence electrons. The monoisotopic (exact) mass is 382 g/mol. The van der Waals surface area contributed by atoms with E-state index in [4.69, 9.17) is 4.98 Å². The third kappa shape index (κ3) is 4.24. The van der Waals surface area contributed by atoms with Crippen LogP contribution in [0.1, 0.15) is 66.6 Å². The van der Waals surface area contributed by atoms with Gasteiger partial charge in [-0.15, -0.1) is 0 Å². The Morgan fingerprint density at radius 2 is 2.21 bits per heavy atom. The first-order valence-electron chi connectivity index (χ1n) is 10.5. The first-order valence-corrected chi connectivity index (χ1v) is 10.5. The fraction of sp³-hybridized carbons (Fsp3) is 0.619. The normalized spacial score (nSPS) is 19.5. The number of hydrogen-bond donors (Lipinski definition) is 1. The summed E-state index contributed by atoms with van der Waals surface area (Å²) in [5.74, 6) is 1.13. The zero-order valence-corrected chi connectivity index (χ0v) is 16.9. The van der Waals surface area contributed by atoms with Gasteiger partial charge in [0.25, 0.3) is 0 Å². The van der Waals surface area contributed by atoms with Crippen LogP contribution in [0.5, 0.6) is 0 Å². The SMILES string of the molecule is Cc1cc(C)n(CCCC(=O)N2CCc3nc(C4CCCCN4)ncc3C2)n1. The van der Waals surface area contributed by atoms with Crippen LogP contribution in [0.4, 0.5) is 0 Å². The van der Waals surface area contributed by atoms with E-state index < -0.39 is 0 Å². The van der Waals surface area contributed by atoms with Crippen molar-refractivity contribution in [3.05, 3.63) is 40.7 Å². The first-order chi connectivity index (χ1) is 13.6. The fourth-order valence-corrected chi connectivity index (χ4v) is 4.22. The molecule has 28 heavy (non-hydrogen) atoms. The summed E-state index contributed by atoms with van der Waals surface area (Å²) in [5.41, 5.74) is 4.39. The summed E-state index contributed by atoms with van der Waals surface area (Å²) in [6.07, 6.45) is 7.70. The minimum atomic E-state index is 0.213. The molecule has 1 atom stereocenters. The predicted octanol–water partition coefficient (Wildman–Crippen LogP) is 2.47. The molecule has 2 aliphatic heterocycles. The van der Waals surface area contributed by atoms with E-state index in [2.05, 4.69) is 28.4 Å². The van der Waals surface area contributed by atoms with Crippen LogP contribution < -0.4 is 5.32 Å².